The van der Waals surface area contributed by atoms with E-state index in [9.17, 15) is 23.3 Å². The summed E-state index contributed by atoms with van der Waals surface area (Å²) in [6, 6.07) is 10.1. The van der Waals surface area contributed by atoms with Crippen molar-refractivity contribution < 1.29 is 18.1 Å². The van der Waals surface area contributed by atoms with Crippen molar-refractivity contribution in [1.29, 1.82) is 0 Å². The molecule has 0 radical (unpaired) electrons. The van der Waals surface area contributed by atoms with Gasteiger partial charge in [0.25, 0.3) is 11.6 Å². The van der Waals surface area contributed by atoms with E-state index < -0.39 is 31.3 Å². The Morgan fingerprint density at radius 2 is 1.91 bits per heavy atom. The van der Waals surface area contributed by atoms with E-state index in [0.717, 1.165) is 22.9 Å². The smallest absolute Gasteiger partial charge is 0.288 e. The Balaban J connectivity index is 2.39. The molecule has 0 saturated carbocycles. The molecule has 0 fully saturated rings. The Bertz CT molecular complexity index is 896. The van der Waals surface area contributed by atoms with Gasteiger partial charge in [0.2, 0.25) is 0 Å². The first-order valence-corrected chi connectivity index (χ1v) is 8.92. The lowest BCUT2D eigenvalue weighted by molar-refractivity contribution is -0.387. The maximum absolute atomic E-state index is 12.2. The van der Waals surface area contributed by atoms with Gasteiger partial charge in [-0.05, 0) is 30.3 Å². The van der Waals surface area contributed by atoms with Crippen LogP contribution in [0.2, 0.25) is 0 Å². The normalized spacial score (nSPS) is 11.0. The summed E-state index contributed by atoms with van der Waals surface area (Å²) in [5.74, 6) is -0.578. The van der Waals surface area contributed by atoms with Gasteiger partial charge in [0.05, 0.1) is 4.92 Å². The Hall–Kier alpha value is -2.26. The summed E-state index contributed by atoms with van der Waals surface area (Å²) >= 11 is 3.26. The van der Waals surface area contributed by atoms with Crippen LogP contribution in [0.1, 0.15) is 10.4 Å². The third-order valence-electron chi connectivity index (χ3n) is 2.90. The van der Waals surface area contributed by atoms with Crippen LogP contribution in [0.5, 0.6) is 0 Å². The number of nitrogens with zero attached hydrogens (tertiary/aromatic N) is 1. The van der Waals surface area contributed by atoms with Gasteiger partial charge < -0.3 is 5.32 Å². The van der Waals surface area contributed by atoms with E-state index in [1.54, 1.807) is 24.3 Å². The van der Waals surface area contributed by atoms with E-state index >= 15 is 0 Å². The van der Waals surface area contributed by atoms with Gasteiger partial charge in [0.15, 0.2) is 9.84 Å². The molecular formula is C14H11BrN2O5S. The molecule has 23 heavy (non-hydrogen) atoms. The highest BCUT2D eigenvalue weighted by molar-refractivity contribution is 9.10. The number of carbonyl (C=O) groups excluding carboxylic acids is 1. The Morgan fingerprint density at radius 1 is 1.22 bits per heavy atom. The third-order valence-corrected chi connectivity index (χ3v) is 4.54. The van der Waals surface area contributed by atoms with E-state index in [1.165, 1.54) is 6.07 Å². The molecule has 0 saturated heterocycles. The fourth-order valence-electron chi connectivity index (χ4n) is 1.88. The topological polar surface area (TPSA) is 106 Å². The molecule has 9 heteroatoms. The summed E-state index contributed by atoms with van der Waals surface area (Å²) in [4.78, 5) is 22.0. The Kier molecular flexibility index (Phi) is 4.81. The van der Waals surface area contributed by atoms with Crippen molar-refractivity contribution in [2.75, 3.05) is 11.6 Å². The van der Waals surface area contributed by atoms with Crippen LogP contribution in [0.15, 0.2) is 51.8 Å². The maximum atomic E-state index is 12.2. The molecule has 2 aromatic carbocycles. The van der Waals surface area contributed by atoms with Crippen molar-refractivity contribution in [2.45, 2.75) is 4.90 Å². The highest BCUT2D eigenvalue weighted by Crippen LogP contribution is 2.25. The molecule has 1 amide bonds. The van der Waals surface area contributed by atoms with Gasteiger partial charge in [-0.25, -0.2) is 8.42 Å². The predicted octanol–water partition coefficient (Wildman–Crippen LogP) is 3.01. The number of amides is 1. The van der Waals surface area contributed by atoms with Gasteiger partial charge in [-0.15, -0.1) is 0 Å². The van der Waals surface area contributed by atoms with Gasteiger partial charge in [0, 0.05) is 28.0 Å². The number of carbonyl (C=O) groups is 1. The Morgan fingerprint density at radius 3 is 2.48 bits per heavy atom. The van der Waals surface area contributed by atoms with Gasteiger partial charge >= 0.3 is 0 Å². The van der Waals surface area contributed by atoms with Crippen molar-refractivity contribution in [2.24, 2.45) is 0 Å². The molecule has 0 heterocycles. The summed E-state index contributed by atoms with van der Waals surface area (Å²) in [5.41, 5.74) is -0.141. The van der Waals surface area contributed by atoms with Crippen molar-refractivity contribution in [3.63, 3.8) is 0 Å². The summed E-state index contributed by atoms with van der Waals surface area (Å²) in [7, 11) is -3.77. The molecule has 2 rings (SSSR count). The van der Waals surface area contributed by atoms with Gasteiger partial charge in [-0.1, -0.05) is 22.0 Å². The number of nitro groups is 1. The maximum Gasteiger partial charge on any atom is 0.288 e. The lowest BCUT2D eigenvalue weighted by atomic mass is 10.2. The predicted molar refractivity (Wildman–Crippen MR) is 88.3 cm³/mol. The minimum Gasteiger partial charge on any atom is -0.322 e. The summed E-state index contributed by atoms with van der Waals surface area (Å²) in [6.07, 6.45) is 0.872. The number of sulfone groups is 1. The summed E-state index contributed by atoms with van der Waals surface area (Å²) in [6.45, 7) is 0. The highest BCUT2D eigenvalue weighted by atomic mass is 79.9. The molecule has 0 atom stereocenters. The molecule has 0 aromatic heterocycles. The molecule has 7 nitrogen and oxygen atoms in total. The van der Waals surface area contributed by atoms with Crippen molar-refractivity contribution in [3.8, 4) is 0 Å². The SMILES string of the molecule is CS(=O)(=O)c1ccc(C(=O)Nc2cccc(Br)c2)cc1[N+](=O)[O-]. The zero-order valence-corrected chi connectivity index (χ0v) is 14.2. The number of halogens is 1. The largest absolute Gasteiger partial charge is 0.322 e. The highest BCUT2D eigenvalue weighted by Gasteiger charge is 2.24. The van der Waals surface area contributed by atoms with Crippen LogP contribution in [0.3, 0.4) is 0 Å². The molecule has 0 aliphatic carbocycles. The third kappa shape index (κ3) is 4.14. The van der Waals surface area contributed by atoms with Crippen LogP contribution >= 0.6 is 15.9 Å². The molecular weight excluding hydrogens is 388 g/mol. The van der Waals surface area contributed by atoms with Crippen molar-refractivity contribution in [1.82, 2.24) is 0 Å². The summed E-state index contributed by atoms with van der Waals surface area (Å²) < 4.78 is 23.9. The van der Waals surface area contributed by atoms with Crippen molar-refractivity contribution in [3.05, 3.63) is 62.6 Å². The number of hydrogen-bond acceptors (Lipinski definition) is 5. The van der Waals surface area contributed by atoms with E-state index in [1.807, 2.05) is 0 Å². The molecule has 1 N–H and O–H groups in total. The van der Waals surface area contributed by atoms with E-state index in [2.05, 4.69) is 21.2 Å². The molecule has 0 unspecified atom stereocenters. The minimum atomic E-state index is -3.77. The quantitative estimate of drug-likeness (QED) is 0.628. The first-order valence-electron chi connectivity index (χ1n) is 6.24. The number of hydrogen-bond donors (Lipinski definition) is 1. The van der Waals surface area contributed by atoms with Gasteiger partial charge in [-0.3, -0.25) is 14.9 Å². The van der Waals surface area contributed by atoms with Crippen LogP contribution in [0.25, 0.3) is 0 Å². The Labute approximate surface area is 140 Å². The minimum absolute atomic E-state index is 0.0101. The standard InChI is InChI=1S/C14H11BrN2O5S/c1-23(21,22)13-6-5-9(7-12(13)17(19)20)14(18)16-11-4-2-3-10(15)8-11/h2-8H,1H3,(H,16,18). The first-order chi connectivity index (χ1) is 10.7. The molecule has 2 aromatic rings. The van der Waals surface area contributed by atoms with Crippen LogP contribution in [0.4, 0.5) is 11.4 Å². The first kappa shape index (κ1) is 17.1. The van der Waals surface area contributed by atoms with Crippen molar-refractivity contribution >= 4 is 43.0 Å². The number of nitrogens with one attached hydrogen (secondary N) is 1. The van der Waals surface area contributed by atoms with Crippen LogP contribution in [-0.2, 0) is 9.84 Å². The van der Waals surface area contributed by atoms with E-state index in [4.69, 9.17) is 0 Å². The summed E-state index contributed by atoms with van der Waals surface area (Å²) in [5, 5.41) is 13.6. The molecule has 0 aliphatic heterocycles. The number of anilines is 1. The molecule has 0 aliphatic rings. The van der Waals surface area contributed by atoms with E-state index in [0.29, 0.717) is 5.69 Å². The van der Waals surface area contributed by atoms with Gasteiger partial charge in [-0.2, -0.15) is 0 Å². The van der Waals surface area contributed by atoms with Crippen LogP contribution < -0.4 is 5.32 Å². The lowest BCUT2D eigenvalue weighted by Gasteiger charge is -2.07. The van der Waals surface area contributed by atoms with Crippen LogP contribution in [-0.4, -0.2) is 25.5 Å². The average Bonchev–Trinajstić information content (AvgIpc) is 2.45. The average molecular weight is 399 g/mol. The molecule has 0 bridgehead atoms. The lowest BCUT2D eigenvalue weighted by Crippen LogP contribution is -2.13. The zero-order chi connectivity index (χ0) is 17.2. The fourth-order valence-corrected chi connectivity index (χ4v) is 3.11. The second-order valence-corrected chi connectivity index (χ2v) is 7.58. The second kappa shape index (κ2) is 6.47. The molecule has 120 valence electrons. The number of benzene rings is 2. The van der Waals surface area contributed by atoms with Crippen LogP contribution in [0, 0.1) is 10.1 Å². The monoisotopic (exact) mass is 398 g/mol. The zero-order valence-electron chi connectivity index (χ0n) is 11.8. The second-order valence-electron chi connectivity index (χ2n) is 4.68. The van der Waals surface area contributed by atoms with Gasteiger partial charge in [0.1, 0.15) is 4.90 Å². The van der Waals surface area contributed by atoms with E-state index in [-0.39, 0.29) is 5.56 Å². The molecule has 0 spiro atoms. The number of rotatable bonds is 4. The fraction of sp³-hybridized carbons (Fsp3) is 0.0714. The number of nitro benzene ring substituents is 1.